The Kier molecular flexibility index (Phi) is 4.99. The molecule has 1 N–H and O–H groups in total. The van der Waals surface area contributed by atoms with Crippen molar-refractivity contribution in [2.75, 3.05) is 6.54 Å². The van der Waals surface area contributed by atoms with Gasteiger partial charge in [-0.1, -0.05) is 42.5 Å². The number of nitrogens with zero attached hydrogens (tertiary/aromatic N) is 2. The molecule has 0 saturated carbocycles. The SMILES string of the molecule is CC1(C(=O)NS(=O)(=O)c2cccc(C#N)c2)CCN1C(=O)c1cccc2ccccc12. The first-order valence-electron chi connectivity index (χ1n) is 9.63. The summed E-state index contributed by atoms with van der Waals surface area (Å²) in [6.45, 7) is 1.89. The molecule has 3 aromatic rings. The van der Waals surface area contributed by atoms with E-state index in [2.05, 4.69) is 4.72 Å². The van der Waals surface area contributed by atoms with E-state index in [9.17, 15) is 18.0 Å². The molecule has 0 radical (unpaired) electrons. The minimum atomic E-state index is -4.19. The molecule has 1 heterocycles. The fourth-order valence-electron chi connectivity index (χ4n) is 3.70. The highest BCUT2D eigenvalue weighted by atomic mass is 32.2. The summed E-state index contributed by atoms with van der Waals surface area (Å²) in [5, 5.41) is 10.7. The second-order valence-electron chi connectivity index (χ2n) is 7.58. The summed E-state index contributed by atoms with van der Waals surface area (Å²) >= 11 is 0. The van der Waals surface area contributed by atoms with Crippen LogP contribution in [0.25, 0.3) is 10.8 Å². The maximum absolute atomic E-state index is 13.2. The highest BCUT2D eigenvalue weighted by molar-refractivity contribution is 7.90. The van der Waals surface area contributed by atoms with Crippen LogP contribution in [0.2, 0.25) is 0 Å². The number of benzene rings is 3. The van der Waals surface area contributed by atoms with Crippen molar-refractivity contribution >= 4 is 32.6 Å². The molecule has 1 unspecified atom stereocenters. The zero-order valence-electron chi connectivity index (χ0n) is 16.7. The van der Waals surface area contributed by atoms with Crippen LogP contribution in [-0.2, 0) is 14.8 Å². The van der Waals surface area contributed by atoms with Crippen LogP contribution in [0.4, 0.5) is 0 Å². The summed E-state index contributed by atoms with van der Waals surface area (Å²) in [6, 6.07) is 20.1. The predicted molar refractivity (Wildman–Crippen MR) is 114 cm³/mol. The largest absolute Gasteiger partial charge is 0.324 e. The maximum Gasteiger partial charge on any atom is 0.264 e. The van der Waals surface area contributed by atoms with Gasteiger partial charge in [0.05, 0.1) is 16.5 Å². The minimum Gasteiger partial charge on any atom is -0.324 e. The summed E-state index contributed by atoms with van der Waals surface area (Å²) in [5.41, 5.74) is -0.673. The van der Waals surface area contributed by atoms with Crippen molar-refractivity contribution in [1.82, 2.24) is 9.62 Å². The van der Waals surface area contributed by atoms with Crippen molar-refractivity contribution in [3.63, 3.8) is 0 Å². The number of hydrogen-bond donors (Lipinski definition) is 1. The molecule has 0 aromatic heterocycles. The number of nitrogens with one attached hydrogen (secondary N) is 1. The summed E-state index contributed by atoms with van der Waals surface area (Å²) in [6.07, 6.45) is 0.336. The average molecular weight is 433 g/mol. The molecule has 1 aliphatic rings. The predicted octanol–water partition coefficient (Wildman–Crippen LogP) is 2.82. The van der Waals surface area contributed by atoms with E-state index in [1.54, 1.807) is 19.1 Å². The Bertz CT molecular complexity index is 1360. The first-order valence-corrected chi connectivity index (χ1v) is 11.1. The normalized spacial score (nSPS) is 18.1. The minimum absolute atomic E-state index is 0.165. The standard InChI is InChI=1S/C23H19N3O4S/c1-23(22(28)25-31(29,30)18-9-4-6-16(14-18)15-24)12-13-26(23)21(27)20-11-5-8-17-7-2-3-10-19(17)20/h2-11,14H,12-13H2,1H3,(H,25,28). The Balaban J connectivity index is 1.60. The number of amides is 2. The van der Waals surface area contributed by atoms with Crippen molar-refractivity contribution in [1.29, 1.82) is 5.26 Å². The van der Waals surface area contributed by atoms with E-state index in [4.69, 9.17) is 5.26 Å². The molecule has 1 fully saturated rings. The van der Waals surface area contributed by atoms with Crippen LogP contribution in [0, 0.1) is 11.3 Å². The quantitative estimate of drug-likeness (QED) is 0.681. The van der Waals surface area contributed by atoms with E-state index in [1.165, 1.54) is 29.2 Å². The number of likely N-dealkylation sites (tertiary alicyclic amines) is 1. The molecule has 1 saturated heterocycles. The van der Waals surface area contributed by atoms with Gasteiger partial charge in [0.25, 0.3) is 21.8 Å². The van der Waals surface area contributed by atoms with Crippen LogP contribution in [0.15, 0.2) is 71.6 Å². The van der Waals surface area contributed by atoms with Crippen LogP contribution < -0.4 is 4.72 Å². The lowest BCUT2D eigenvalue weighted by Crippen LogP contribution is -2.67. The van der Waals surface area contributed by atoms with Gasteiger partial charge in [0.15, 0.2) is 0 Å². The van der Waals surface area contributed by atoms with Crippen LogP contribution in [0.1, 0.15) is 29.3 Å². The highest BCUT2D eigenvalue weighted by Crippen LogP contribution is 2.34. The Morgan fingerprint density at radius 2 is 1.77 bits per heavy atom. The fourth-order valence-corrected chi connectivity index (χ4v) is 4.82. The van der Waals surface area contributed by atoms with Gasteiger partial charge in [-0.05, 0) is 48.4 Å². The second kappa shape index (κ2) is 7.52. The molecule has 1 aliphatic heterocycles. The van der Waals surface area contributed by atoms with Gasteiger partial charge in [-0.3, -0.25) is 9.59 Å². The lowest BCUT2D eigenvalue weighted by atomic mass is 9.84. The van der Waals surface area contributed by atoms with E-state index in [-0.39, 0.29) is 16.4 Å². The van der Waals surface area contributed by atoms with Crippen molar-refractivity contribution in [2.45, 2.75) is 23.8 Å². The van der Waals surface area contributed by atoms with E-state index in [1.807, 2.05) is 36.4 Å². The maximum atomic E-state index is 13.2. The van der Waals surface area contributed by atoms with Gasteiger partial charge in [-0.15, -0.1) is 0 Å². The first-order chi connectivity index (χ1) is 14.8. The third-order valence-electron chi connectivity index (χ3n) is 5.67. The summed E-state index contributed by atoms with van der Waals surface area (Å²) in [5.74, 6) is -1.11. The summed E-state index contributed by atoms with van der Waals surface area (Å²) in [7, 11) is -4.19. The third kappa shape index (κ3) is 3.53. The van der Waals surface area contributed by atoms with Crippen LogP contribution in [0.3, 0.4) is 0 Å². The molecule has 0 aliphatic carbocycles. The molecule has 8 heteroatoms. The highest BCUT2D eigenvalue weighted by Gasteiger charge is 2.50. The molecule has 7 nitrogen and oxygen atoms in total. The number of sulfonamides is 1. The van der Waals surface area contributed by atoms with Crippen LogP contribution in [-0.4, -0.2) is 37.2 Å². The summed E-state index contributed by atoms with van der Waals surface area (Å²) < 4.78 is 27.4. The zero-order chi connectivity index (χ0) is 22.2. The van der Waals surface area contributed by atoms with Crippen LogP contribution in [0.5, 0.6) is 0 Å². The van der Waals surface area contributed by atoms with Crippen molar-refractivity contribution in [3.8, 4) is 6.07 Å². The molecule has 3 aromatic carbocycles. The van der Waals surface area contributed by atoms with E-state index in [0.29, 0.717) is 18.5 Å². The Labute approximate surface area is 180 Å². The number of rotatable bonds is 4. The van der Waals surface area contributed by atoms with E-state index < -0.39 is 21.5 Å². The van der Waals surface area contributed by atoms with Gasteiger partial charge in [-0.2, -0.15) is 5.26 Å². The number of carbonyl (C=O) groups excluding carboxylic acids is 2. The molecular formula is C23H19N3O4S. The second-order valence-corrected chi connectivity index (χ2v) is 9.26. The Hall–Kier alpha value is -3.70. The van der Waals surface area contributed by atoms with Gasteiger partial charge in [0.2, 0.25) is 0 Å². The number of fused-ring (bicyclic) bond motifs is 1. The molecular weight excluding hydrogens is 414 g/mol. The zero-order valence-corrected chi connectivity index (χ0v) is 17.5. The van der Waals surface area contributed by atoms with Gasteiger partial charge >= 0.3 is 0 Å². The third-order valence-corrected chi connectivity index (χ3v) is 7.00. The van der Waals surface area contributed by atoms with E-state index in [0.717, 1.165) is 10.8 Å². The smallest absolute Gasteiger partial charge is 0.264 e. The monoisotopic (exact) mass is 433 g/mol. The average Bonchev–Trinajstić information content (AvgIpc) is 2.77. The molecule has 2 amide bonds. The summed E-state index contributed by atoms with van der Waals surface area (Å²) in [4.78, 5) is 27.4. The fraction of sp³-hybridized carbons (Fsp3) is 0.174. The van der Waals surface area contributed by atoms with Gasteiger partial charge in [0.1, 0.15) is 5.54 Å². The molecule has 4 rings (SSSR count). The lowest BCUT2D eigenvalue weighted by Gasteiger charge is -2.48. The topological polar surface area (TPSA) is 107 Å². The molecule has 0 bridgehead atoms. The van der Waals surface area contributed by atoms with Gasteiger partial charge < -0.3 is 4.90 Å². The first kappa shape index (κ1) is 20.6. The molecule has 31 heavy (non-hydrogen) atoms. The van der Waals surface area contributed by atoms with Crippen molar-refractivity contribution in [3.05, 3.63) is 77.9 Å². The van der Waals surface area contributed by atoms with Crippen LogP contribution >= 0.6 is 0 Å². The molecule has 156 valence electrons. The number of nitriles is 1. The van der Waals surface area contributed by atoms with Gasteiger partial charge in [0, 0.05) is 12.1 Å². The Morgan fingerprint density at radius 3 is 2.48 bits per heavy atom. The molecule has 0 spiro atoms. The van der Waals surface area contributed by atoms with Crippen molar-refractivity contribution in [2.24, 2.45) is 0 Å². The van der Waals surface area contributed by atoms with Gasteiger partial charge in [-0.25, -0.2) is 13.1 Å². The van der Waals surface area contributed by atoms with E-state index >= 15 is 0 Å². The van der Waals surface area contributed by atoms with Crippen molar-refractivity contribution < 1.29 is 18.0 Å². The number of carbonyl (C=O) groups is 2. The molecule has 1 atom stereocenters. The lowest BCUT2D eigenvalue weighted by molar-refractivity contribution is -0.135. The number of hydrogen-bond acceptors (Lipinski definition) is 5. The Morgan fingerprint density at radius 1 is 1.06 bits per heavy atom.